The van der Waals surface area contributed by atoms with Gasteiger partial charge in [0, 0.05) is 13.7 Å². The molecule has 0 bridgehead atoms. The minimum Gasteiger partial charge on any atom is -0.389 e. The van der Waals surface area contributed by atoms with Crippen molar-refractivity contribution in [3.63, 3.8) is 0 Å². The molecule has 0 heterocycles. The second-order valence-corrected chi connectivity index (χ2v) is 4.30. The van der Waals surface area contributed by atoms with Crippen LogP contribution in [-0.4, -0.2) is 24.4 Å². The summed E-state index contributed by atoms with van der Waals surface area (Å²) in [5, 5.41) is 10.4. The molecule has 1 fully saturated rings. The Labute approximate surface area is 81.3 Å². The van der Waals surface area contributed by atoms with Crippen LogP contribution in [-0.2, 0) is 4.74 Å². The number of ether oxygens (including phenoxy) is 1. The molecule has 2 atom stereocenters. The van der Waals surface area contributed by atoms with E-state index < -0.39 is 5.60 Å². The molecule has 0 aromatic rings. The Balaban J connectivity index is 2.43. The van der Waals surface area contributed by atoms with E-state index in [1.165, 1.54) is 12.8 Å². The zero-order valence-electron chi connectivity index (χ0n) is 9.05. The minimum atomic E-state index is -0.418. The number of aliphatic hydroxyl groups is 1. The summed E-state index contributed by atoms with van der Waals surface area (Å²) in [4.78, 5) is 0. The third-order valence-corrected chi connectivity index (χ3v) is 3.46. The van der Waals surface area contributed by atoms with Crippen LogP contribution in [0.25, 0.3) is 0 Å². The third kappa shape index (κ3) is 2.44. The van der Waals surface area contributed by atoms with E-state index in [-0.39, 0.29) is 0 Å². The molecule has 0 aromatic heterocycles. The topological polar surface area (TPSA) is 29.5 Å². The van der Waals surface area contributed by atoms with Gasteiger partial charge in [-0.3, -0.25) is 0 Å². The summed E-state index contributed by atoms with van der Waals surface area (Å²) in [6, 6.07) is 0. The lowest BCUT2D eigenvalue weighted by Crippen LogP contribution is -2.38. The highest BCUT2D eigenvalue weighted by atomic mass is 16.5. The maximum absolute atomic E-state index is 10.4. The van der Waals surface area contributed by atoms with Gasteiger partial charge >= 0.3 is 0 Å². The summed E-state index contributed by atoms with van der Waals surface area (Å²) < 4.78 is 5.04. The lowest BCUT2D eigenvalue weighted by Gasteiger charge is -2.33. The number of methoxy groups -OCH3 is 1. The molecule has 1 aliphatic carbocycles. The molecule has 0 aliphatic heterocycles. The standard InChI is InChI=1S/C11H22O2/c1-4-11(12,10-5-6-10)9(2)7-8-13-3/h9-10,12H,4-8H2,1-3H3. The summed E-state index contributed by atoms with van der Waals surface area (Å²) in [6.07, 6.45) is 4.27. The van der Waals surface area contributed by atoms with Gasteiger partial charge in [0.15, 0.2) is 0 Å². The van der Waals surface area contributed by atoms with Crippen molar-refractivity contribution in [2.45, 2.75) is 45.1 Å². The van der Waals surface area contributed by atoms with Gasteiger partial charge in [-0.2, -0.15) is 0 Å². The molecule has 78 valence electrons. The first kappa shape index (κ1) is 11.0. The van der Waals surface area contributed by atoms with Gasteiger partial charge in [0.1, 0.15) is 0 Å². The summed E-state index contributed by atoms with van der Waals surface area (Å²) in [6.45, 7) is 4.98. The molecular formula is C11H22O2. The van der Waals surface area contributed by atoms with Crippen LogP contribution in [0.3, 0.4) is 0 Å². The van der Waals surface area contributed by atoms with Crippen LogP contribution in [0, 0.1) is 11.8 Å². The Morgan fingerprint density at radius 3 is 2.54 bits per heavy atom. The van der Waals surface area contributed by atoms with E-state index in [4.69, 9.17) is 4.74 Å². The molecule has 0 aromatic carbocycles. The molecule has 0 radical (unpaired) electrons. The first-order valence-corrected chi connectivity index (χ1v) is 5.36. The van der Waals surface area contributed by atoms with Crippen molar-refractivity contribution < 1.29 is 9.84 Å². The molecule has 2 nitrogen and oxygen atoms in total. The van der Waals surface area contributed by atoms with Crippen molar-refractivity contribution in [1.29, 1.82) is 0 Å². The number of hydrogen-bond acceptors (Lipinski definition) is 2. The Bertz CT molecular complexity index is 154. The van der Waals surface area contributed by atoms with Crippen LogP contribution in [0.5, 0.6) is 0 Å². The molecule has 2 unspecified atom stereocenters. The van der Waals surface area contributed by atoms with E-state index in [9.17, 15) is 5.11 Å². The third-order valence-electron chi connectivity index (χ3n) is 3.46. The highest BCUT2D eigenvalue weighted by Crippen LogP contribution is 2.46. The lowest BCUT2D eigenvalue weighted by atomic mass is 9.80. The zero-order valence-corrected chi connectivity index (χ0v) is 9.05. The van der Waals surface area contributed by atoms with Crippen LogP contribution >= 0.6 is 0 Å². The predicted molar refractivity (Wildman–Crippen MR) is 53.6 cm³/mol. The van der Waals surface area contributed by atoms with E-state index >= 15 is 0 Å². The molecule has 0 amide bonds. The molecule has 1 aliphatic rings. The summed E-state index contributed by atoms with van der Waals surface area (Å²) in [5.41, 5.74) is -0.418. The molecule has 1 N–H and O–H groups in total. The van der Waals surface area contributed by atoms with Gasteiger partial charge in [-0.25, -0.2) is 0 Å². The molecule has 1 rings (SSSR count). The Morgan fingerprint density at radius 1 is 1.54 bits per heavy atom. The maximum atomic E-state index is 10.4. The molecule has 0 saturated heterocycles. The van der Waals surface area contributed by atoms with Gasteiger partial charge in [0.25, 0.3) is 0 Å². The van der Waals surface area contributed by atoms with Crippen molar-refractivity contribution in [3.05, 3.63) is 0 Å². The average molecular weight is 186 g/mol. The summed E-state index contributed by atoms with van der Waals surface area (Å²) in [7, 11) is 1.72. The fourth-order valence-electron chi connectivity index (χ4n) is 2.17. The molecule has 0 spiro atoms. The monoisotopic (exact) mass is 186 g/mol. The van der Waals surface area contributed by atoms with E-state index in [1.54, 1.807) is 7.11 Å². The average Bonchev–Trinajstić information content (AvgIpc) is 2.96. The fourth-order valence-corrected chi connectivity index (χ4v) is 2.17. The molecular weight excluding hydrogens is 164 g/mol. The zero-order chi connectivity index (χ0) is 9.90. The van der Waals surface area contributed by atoms with Crippen molar-refractivity contribution in [2.24, 2.45) is 11.8 Å². The van der Waals surface area contributed by atoms with Crippen molar-refractivity contribution in [2.75, 3.05) is 13.7 Å². The highest BCUT2D eigenvalue weighted by Gasteiger charge is 2.45. The lowest BCUT2D eigenvalue weighted by molar-refractivity contribution is -0.0452. The minimum absolute atomic E-state index is 0.366. The van der Waals surface area contributed by atoms with Gasteiger partial charge < -0.3 is 9.84 Å². The van der Waals surface area contributed by atoms with Gasteiger partial charge in [-0.15, -0.1) is 0 Å². The van der Waals surface area contributed by atoms with E-state index in [0.717, 1.165) is 19.4 Å². The first-order chi connectivity index (χ1) is 6.15. The second-order valence-electron chi connectivity index (χ2n) is 4.30. The Hall–Kier alpha value is -0.0800. The largest absolute Gasteiger partial charge is 0.389 e. The maximum Gasteiger partial charge on any atom is 0.0699 e. The number of rotatable bonds is 6. The van der Waals surface area contributed by atoms with E-state index in [0.29, 0.717) is 11.8 Å². The Morgan fingerprint density at radius 2 is 2.15 bits per heavy atom. The Kier molecular flexibility index (Phi) is 3.74. The van der Waals surface area contributed by atoms with Crippen LogP contribution in [0.4, 0.5) is 0 Å². The highest BCUT2D eigenvalue weighted by molar-refractivity contribution is 4.96. The quantitative estimate of drug-likeness (QED) is 0.689. The summed E-state index contributed by atoms with van der Waals surface area (Å²) >= 11 is 0. The molecule has 1 saturated carbocycles. The SMILES string of the molecule is CCC(O)(C(C)CCOC)C1CC1. The van der Waals surface area contributed by atoms with Crippen molar-refractivity contribution in [3.8, 4) is 0 Å². The van der Waals surface area contributed by atoms with E-state index in [1.807, 2.05) is 0 Å². The second kappa shape index (κ2) is 4.43. The van der Waals surface area contributed by atoms with Gasteiger partial charge in [-0.1, -0.05) is 13.8 Å². The van der Waals surface area contributed by atoms with E-state index in [2.05, 4.69) is 13.8 Å². The van der Waals surface area contributed by atoms with Crippen LogP contribution in [0.2, 0.25) is 0 Å². The van der Waals surface area contributed by atoms with Crippen molar-refractivity contribution >= 4 is 0 Å². The van der Waals surface area contributed by atoms with Gasteiger partial charge in [0.2, 0.25) is 0 Å². The smallest absolute Gasteiger partial charge is 0.0699 e. The normalized spacial score (nSPS) is 24.0. The van der Waals surface area contributed by atoms with Crippen molar-refractivity contribution in [1.82, 2.24) is 0 Å². The van der Waals surface area contributed by atoms with Gasteiger partial charge in [-0.05, 0) is 37.5 Å². The van der Waals surface area contributed by atoms with Crippen LogP contribution in [0.1, 0.15) is 39.5 Å². The van der Waals surface area contributed by atoms with Crippen LogP contribution < -0.4 is 0 Å². The predicted octanol–water partition coefficient (Wildman–Crippen LogP) is 2.21. The fraction of sp³-hybridized carbons (Fsp3) is 1.00. The van der Waals surface area contributed by atoms with Gasteiger partial charge in [0.05, 0.1) is 5.60 Å². The molecule has 2 heteroatoms. The molecule has 13 heavy (non-hydrogen) atoms. The first-order valence-electron chi connectivity index (χ1n) is 5.36. The van der Waals surface area contributed by atoms with Crippen LogP contribution in [0.15, 0.2) is 0 Å². The number of hydrogen-bond donors (Lipinski definition) is 1. The summed E-state index contributed by atoms with van der Waals surface area (Å²) in [5.74, 6) is 0.925.